The van der Waals surface area contributed by atoms with Crippen LogP contribution in [0.3, 0.4) is 0 Å². The summed E-state index contributed by atoms with van der Waals surface area (Å²) < 4.78 is 13.2. The lowest BCUT2D eigenvalue weighted by atomic mass is 10.1. The molecule has 1 aliphatic rings. The summed E-state index contributed by atoms with van der Waals surface area (Å²) in [5.41, 5.74) is 4.23. The number of fused-ring (bicyclic) bond motifs is 1. The largest absolute Gasteiger partial charge is 0.461 e. The van der Waals surface area contributed by atoms with Crippen LogP contribution in [0.25, 0.3) is 28.7 Å². The predicted octanol–water partition coefficient (Wildman–Crippen LogP) is 4.34. The van der Waals surface area contributed by atoms with Gasteiger partial charge in [0.05, 0.1) is 23.2 Å². The van der Waals surface area contributed by atoms with Gasteiger partial charge in [0.1, 0.15) is 11.5 Å². The van der Waals surface area contributed by atoms with Crippen molar-refractivity contribution >= 4 is 0 Å². The Morgan fingerprint density at radius 1 is 1.06 bits per heavy atom. The molecule has 0 radical (unpaired) electrons. The molecule has 0 atom stereocenters. The van der Waals surface area contributed by atoms with Crippen molar-refractivity contribution in [2.75, 3.05) is 6.54 Å². The zero-order chi connectivity index (χ0) is 23.1. The summed E-state index contributed by atoms with van der Waals surface area (Å²) in [7, 11) is 0. The Kier molecular flexibility index (Phi) is 5.00. The van der Waals surface area contributed by atoms with Crippen molar-refractivity contribution in [3.8, 4) is 28.7 Å². The van der Waals surface area contributed by atoms with Crippen LogP contribution in [-0.2, 0) is 19.5 Å². The highest BCUT2D eigenvalue weighted by Gasteiger charge is 2.24. The van der Waals surface area contributed by atoms with Crippen molar-refractivity contribution < 1.29 is 8.83 Å². The highest BCUT2D eigenvalue weighted by Crippen LogP contribution is 2.28. The molecule has 1 aliphatic heterocycles. The first kappa shape index (κ1) is 20.4. The Morgan fingerprint density at radius 3 is 2.71 bits per heavy atom. The van der Waals surface area contributed by atoms with E-state index in [-0.39, 0.29) is 5.56 Å². The predicted molar refractivity (Wildman–Crippen MR) is 126 cm³/mol. The van der Waals surface area contributed by atoms with Crippen LogP contribution in [0.4, 0.5) is 0 Å². The van der Waals surface area contributed by atoms with Crippen LogP contribution >= 0.6 is 0 Å². The third-order valence-electron chi connectivity index (χ3n) is 6.08. The lowest BCUT2D eigenvalue weighted by molar-refractivity contribution is 0.242. The SMILES string of the molecule is Cc1ccc(-c2nn(-c3ccccc3)cc2CN2CCc3nc(-c4ccco4)[nH]c(=O)c3C2)o1. The van der Waals surface area contributed by atoms with E-state index >= 15 is 0 Å². The number of benzene rings is 1. The molecule has 34 heavy (non-hydrogen) atoms. The number of nitrogens with one attached hydrogen (secondary N) is 1. The van der Waals surface area contributed by atoms with E-state index in [4.69, 9.17) is 13.9 Å². The van der Waals surface area contributed by atoms with E-state index in [2.05, 4.69) is 14.9 Å². The molecule has 0 saturated carbocycles. The number of aromatic nitrogens is 4. The van der Waals surface area contributed by atoms with Crippen LogP contribution in [-0.4, -0.2) is 31.2 Å². The van der Waals surface area contributed by atoms with E-state index in [1.807, 2.05) is 60.3 Å². The molecular weight excluding hydrogens is 430 g/mol. The Hall–Kier alpha value is -4.17. The first-order chi connectivity index (χ1) is 16.6. The number of H-pyrrole nitrogens is 1. The number of nitrogens with zero attached hydrogens (tertiary/aromatic N) is 4. The molecule has 5 heterocycles. The fourth-order valence-corrected chi connectivity index (χ4v) is 4.39. The van der Waals surface area contributed by atoms with Gasteiger partial charge in [-0.15, -0.1) is 0 Å². The minimum Gasteiger partial charge on any atom is -0.461 e. The maximum atomic E-state index is 12.9. The molecule has 6 rings (SSSR count). The summed E-state index contributed by atoms with van der Waals surface area (Å²) >= 11 is 0. The molecule has 0 spiro atoms. The Balaban J connectivity index is 1.31. The molecule has 0 fully saturated rings. The number of hydrogen-bond donors (Lipinski definition) is 1. The smallest absolute Gasteiger partial charge is 0.256 e. The van der Waals surface area contributed by atoms with Gasteiger partial charge in [0.15, 0.2) is 17.3 Å². The molecule has 0 aliphatic carbocycles. The first-order valence-corrected chi connectivity index (χ1v) is 11.2. The summed E-state index contributed by atoms with van der Waals surface area (Å²) in [5.74, 6) is 2.62. The summed E-state index contributed by atoms with van der Waals surface area (Å²) in [4.78, 5) is 22.6. The van der Waals surface area contributed by atoms with Crippen molar-refractivity contribution in [3.05, 3.63) is 100.0 Å². The van der Waals surface area contributed by atoms with E-state index in [0.717, 1.165) is 40.7 Å². The van der Waals surface area contributed by atoms with Crippen LogP contribution in [0.2, 0.25) is 0 Å². The van der Waals surface area contributed by atoms with E-state index in [1.54, 1.807) is 18.4 Å². The summed E-state index contributed by atoms with van der Waals surface area (Å²) in [6.45, 7) is 3.87. The third kappa shape index (κ3) is 3.78. The van der Waals surface area contributed by atoms with Crippen LogP contribution in [0.5, 0.6) is 0 Å². The van der Waals surface area contributed by atoms with Gasteiger partial charge in [0, 0.05) is 37.8 Å². The van der Waals surface area contributed by atoms with Gasteiger partial charge in [-0.2, -0.15) is 5.10 Å². The molecule has 4 aromatic heterocycles. The minimum atomic E-state index is -0.122. The zero-order valence-corrected chi connectivity index (χ0v) is 18.7. The summed E-state index contributed by atoms with van der Waals surface area (Å²) in [6.07, 6.45) is 4.31. The molecule has 0 bridgehead atoms. The van der Waals surface area contributed by atoms with Gasteiger partial charge in [0.25, 0.3) is 5.56 Å². The molecular formula is C26H23N5O3. The normalized spacial score (nSPS) is 13.8. The Bertz CT molecular complexity index is 1500. The standard InChI is InChI=1S/C26H23N5O3/c1-17-9-10-22(34-17)24-18(15-31(29-24)19-6-3-2-4-7-19)14-30-12-11-21-20(16-30)26(32)28-25(27-21)23-8-5-13-33-23/h2-10,13,15H,11-12,14,16H2,1H3,(H,27,28,32). The number of furan rings is 2. The van der Waals surface area contributed by atoms with E-state index in [0.29, 0.717) is 36.7 Å². The van der Waals surface area contributed by atoms with Gasteiger partial charge in [0.2, 0.25) is 0 Å². The molecule has 5 aromatic rings. The molecule has 0 saturated heterocycles. The Morgan fingerprint density at radius 2 is 1.94 bits per heavy atom. The lowest BCUT2D eigenvalue weighted by Crippen LogP contribution is -2.35. The second-order valence-electron chi connectivity index (χ2n) is 8.47. The number of para-hydroxylation sites is 1. The van der Waals surface area contributed by atoms with Gasteiger partial charge in [-0.1, -0.05) is 18.2 Å². The maximum Gasteiger partial charge on any atom is 0.256 e. The number of rotatable bonds is 5. The second kappa shape index (κ2) is 8.31. The fraction of sp³-hybridized carbons (Fsp3) is 0.192. The summed E-state index contributed by atoms with van der Waals surface area (Å²) in [5, 5.41) is 4.84. The molecule has 0 amide bonds. The third-order valence-corrected chi connectivity index (χ3v) is 6.08. The maximum absolute atomic E-state index is 12.9. The van der Waals surface area contributed by atoms with Crippen molar-refractivity contribution in [3.63, 3.8) is 0 Å². The van der Waals surface area contributed by atoms with Crippen molar-refractivity contribution in [1.29, 1.82) is 0 Å². The zero-order valence-electron chi connectivity index (χ0n) is 18.7. The monoisotopic (exact) mass is 453 g/mol. The number of aryl methyl sites for hydroxylation is 1. The Labute approximate surface area is 195 Å². The van der Waals surface area contributed by atoms with Crippen LogP contribution in [0, 0.1) is 6.92 Å². The van der Waals surface area contributed by atoms with Crippen LogP contribution in [0.15, 0.2) is 80.7 Å². The van der Waals surface area contributed by atoms with Crippen molar-refractivity contribution in [2.45, 2.75) is 26.4 Å². The van der Waals surface area contributed by atoms with Gasteiger partial charge in [-0.25, -0.2) is 9.67 Å². The van der Waals surface area contributed by atoms with Gasteiger partial charge < -0.3 is 13.8 Å². The molecule has 0 unspecified atom stereocenters. The number of hydrogen-bond acceptors (Lipinski definition) is 6. The van der Waals surface area contributed by atoms with E-state index in [1.165, 1.54) is 0 Å². The van der Waals surface area contributed by atoms with Crippen LogP contribution in [0.1, 0.15) is 22.6 Å². The molecule has 8 nitrogen and oxygen atoms in total. The van der Waals surface area contributed by atoms with Gasteiger partial charge in [-0.05, 0) is 43.3 Å². The van der Waals surface area contributed by atoms with E-state index in [9.17, 15) is 4.79 Å². The quantitative estimate of drug-likeness (QED) is 0.426. The van der Waals surface area contributed by atoms with E-state index < -0.39 is 0 Å². The van der Waals surface area contributed by atoms with Crippen molar-refractivity contribution in [2.24, 2.45) is 0 Å². The summed E-state index contributed by atoms with van der Waals surface area (Å²) in [6, 6.07) is 17.5. The average Bonchev–Trinajstić information content (AvgIpc) is 3.61. The molecule has 1 N–H and O–H groups in total. The topological polar surface area (TPSA) is 93.1 Å². The highest BCUT2D eigenvalue weighted by atomic mass is 16.3. The first-order valence-electron chi connectivity index (χ1n) is 11.2. The lowest BCUT2D eigenvalue weighted by Gasteiger charge is -2.27. The van der Waals surface area contributed by atoms with Gasteiger partial charge in [-0.3, -0.25) is 9.69 Å². The van der Waals surface area contributed by atoms with Gasteiger partial charge >= 0.3 is 0 Å². The fourth-order valence-electron chi connectivity index (χ4n) is 4.39. The second-order valence-corrected chi connectivity index (χ2v) is 8.47. The number of aromatic amines is 1. The molecule has 8 heteroatoms. The highest BCUT2D eigenvalue weighted by molar-refractivity contribution is 5.58. The minimum absolute atomic E-state index is 0.122. The average molecular weight is 454 g/mol. The van der Waals surface area contributed by atoms with Crippen molar-refractivity contribution in [1.82, 2.24) is 24.6 Å². The molecule has 170 valence electrons. The molecule has 1 aromatic carbocycles. The van der Waals surface area contributed by atoms with Crippen LogP contribution < -0.4 is 5.56 Å².